The fraction of sp³-hybridized carbons (Fsp3) is 0.176. The molecule has 0 saturated heterocycles. The average Bonchev–Trinajstić information content (AvgIpc) is 3.32. The topological polar surface area (TPSA) is 77.2 Å². The van der Waals surface area contributed by atoms with Crippen LogP contribution in [0.3, 0.4) is 0 Å². The Hall–Kier alpha value is -2.84. The van der Waals surface area contributed by atoms with Gasteiger partial charge in [0.05, 0.1) is 12.3 Å². The lowest BCUT2D eigenvalue weighted by atomic mass is 10.1. The third-order valence-electron chi connectivity index (χ3n) is 3.72. The Morgan fingerprint density at radius 3 is 2.88 bits per heavy atom. The third-order valence-corrected chi connectivity index (χ3v) is 4.56. The van der Waals surface area contributed by atoms with Crippen molar-refractivity contribution in [3.8, 4) is 0 Å². The maximum absolute atomic E-state index is 5.21. The molecule has 1 N–H and O–H groups in total. The van der Waals surface area contributed by atoms with Gasteiger partial charge in [-0.2, -0.15) is 14.6 Å². The highest BCUT2D eigenvalue weighted by molar-refractivity contribution is 7.09. The molecule has 7 nitrogen and oxygen atoms in total. The molecule has 0 aliphatic rings. The van der Waals surface area contributed by atoms with Crippen molar-refractivity contribution < 1.29 is 4.74 Å². The molecule has 0 spiro atoms. The molecule has 0 bridgehead atoms. The molecule has 126 valence electrons. The Kier molecular flexibility index (Phi) is 4.36. The van der Waals surface area contributed by atoms with Crippen LogP contribution in [0.25, 0.3) is 5.78 Å². The van der Waals surface area contributed by atoms with Gasteiger partial charge in [-0.3, -0.25) is 0 Å². The quantitative estimate of drug-likeness (QED) is 0.575. The summed E-state index contributed by atoms with van der Waals surface area (Å²) in [5.74, 6) is 1.32. The van der Waals surface area contributed by atoms with Gasteiger partial charge in [-0.25, -0.2) is 9.97 Å². The van der Waals surface area contributed by atoms with Gasteiger partial charge in [0.1, 0.15) is 23.2 Å². The van der Waals surface area contributed by atoms with Gasteiger partial charge in [-0.05, 0) is 5.56 Å². The third kappa shape index (κ3) is 3.21. The lowest BCUT2D eigenvalue weighted by Gasteiger charge is -2.19. The Morgan fingerprint density at radius 1 is 1.24 bits per heavy atom. The van der Waals surface area contributed by atoms with Gasteiger partial charge in [0.2, 0.25) is 0 Å². The fourth-order valence-electron chi connectivity index (χ4n) is 2.64. The van der Waals surface area contributed by atoms with Crippen molar-refractivity contribution in [3.05, 3.63) is 70.6 Å². The number of anilines is 1. The van der Waals surface area contributed by atoms with Crippen LogP contribution in [0.2, 0.25) is 0 Å². The van der Waals surface area contributed by atoms with E-state index in [0.29, 0.717) is 12.4 Å². The van der Waals surface area contributed by atoms with Gasteiger partial charge < -0.3 is 10.1 Å². The molecule has 0 saturated carbocycles. The Morgan fingerprint density at radius 2 is 2.12 bits per heavy atom. The first-order valence-electron chi connectivity index (χ1n) is 7.74. The van der Waals surface area contributed by atoms with Crippen LogP contribution in [-0.2, 0) is 11.3 Å². The van der Waals surface area contributed by atoms with Crippen molar-refractivity contribution in [2.45, 2.75) is 12.6 Å². The van der Waals surface area contributed by atoms with Gasteiger partial charge >= 0.3 is 0 Å². The number of rotatable bonds is 6. The van der Waals surface area contributed by atoms with Crippen LogP contribution < -0.4 is 5.32 Å². The number of thiazole rings is 1. The van der Waals surface area contributed by atoms with Crippen LogP contribution in [0, 0.1) is 0 Å². The van der Waals surface area contributed by atoms with Crippen molar-refractivity contribution >= 4 is 22.9 Å². The van der Waals surface area contributed by atoms with E-state index in [0.717, 1.165) is 22.1 Å². The van der Waals surface area contributed by atoms with Crippen molar-refractivity contribution in [2.24, 2.45) is 0 Å². The van der Waals surface area contributed by atoms with E-state index < -0.39 is 0 Å². The molecule has 3 heterocycles. The van der Waals surface area contributed by atoms with Crippen LogP contribution >= 0.6 is 11.3 Å². The number of ether oxygens (including phenoxy) is 1. The maximum Gasteiger partial charge on any atom is 0.254 e. The number of benzene rings is 1. The first-order valence-corrected chi connectivity index (χ1v) is 8.62. The summed E-state index contributed by atoms with van der Waals surface area (Å²) in [7, 11) is 1.64. The summed E-state index contributed by atoms with van der Waals surface area (Å²) in [6.45, 7) is 0.408. The predicted molar refractivity (Wildman–Crippen MR) is 95.5 cm³/mol. The zero-order valence-corrected chi connectivity index (χ0v) is 14.3. The molecule has 4 aromatic rings. The largest absolute Gasteiger partial charge is 0.378 e. The molecule has 1 atom stereocenters. The minimum Gasteiger partial charge on any atom is -0.378 e. The van der Waals surface area contributed by atoms with Gasteiger partial charge in [0.15, 0.2) is 0 Å². The number of hydrogen-bond donors (Lipinski definition) is 1. The first kappa shape index (κ1) is 15.7. The summed E-state index contributed by atoms with van der Waals surface area (Å²) in [5.41, 5.74) is 1.91. The summed E-state index contributed by atoms with van der Waals surface area (Å²) in [5, 5.41) is 10.8. The molecule has 1 unspecified atom stereocenters. The van der Waals surface area contributed by atoms with Gasteiger partial charge in [-0.1, -0.05) is 30.3 Å². The molecule has 0 fully saturated rings. The highest BCUT2D eigenvalue weighted by Crippen LogP contribution is 2.28. The first-order chi connectivity index (χ1) is 12.3. The normalized spacial score (nSPS) is 12.4. The lowest BCUT2D eigenvalue weighted by molar-refractivity contribution is 0.181. The molecule has 3 aromatic heterocycles. The zero-order chi connectivity index (χ0) is 17.1. The number of fused-ring (bicyclic) bond motifs is 1. The van der Waals surface area contributed by atoms with E-state index in [-0.39, 0.29) is 6.04 Å². The zero-order valence-electron chi connectivity index (χ0n) is 13.5. The second kappa shape index (κ2) is 6.96. The van der Waals surface area contributed by atoms with Crippen LogP contribution in [0.1, 0.15) is 22.3 Å². The van der Waals surface area contributed by atoms with Gasteiger partial charge in [-0.15, -0.1) is 11.3 Å². The second-order valence-electron chi connectivity index (χ2n) is 5.40. The summed E-state index contributed by atoms with van der Waals surface area (Å²) >= 11 is 1.61. The van der Waals surface area contributed by atoms with Crippen molar-refractivity contribution in [2.75, 3.05) is 12.4 Å². The lowest BCUT2D eigenvalue weighted by Crippen LogP contribution is -2.15. The molecular weight excluding hydrogens is 336 g/mol. The second-order valence-corrected chi connectivity index (χ2v) is 6.32. The summed E-state index contributed by atoms with van der Waals surface area (Å²) in [4.78, 5) is 13.1. The maximum atomic E-state index is 5.21. The van der Waals surface area contributed by atoms with E-state index in [1.54, 1.807) is 23.0 Å². The Bertz CT molecular complexity index is 954. The number of aromatic nitrogens is 5. The Balaban J connectivity index is 1.78. The van der Waals surface area contributed by atoms with E-state index in [2.05, 4.69) is 37.5 Å². The molecule has 8 heteroatoms. The highest BCUT2D eigenvalue weighted by atomic mass is 32.1. The summed E-state index contributed by atoms with van der Waals surface area (Å²) in [6, 6.07) is 12.0. The van der Waals surface area contributed by atoms with Crippen LogP contribution in [0.5, 0.6) is 0 Å². The smallest absolute Gasteiger partial charge is 0.254 e. The van der Waals surface area contributed by atoms with Gasteiger partial charge in [0, 0.05) is 24.8 Å². The minimum atomic E-state index is -0.0913. The molecule has 0 amide bonds. The molecule has 0 aliphatic carbocycles. The average molecular weight is 352 g/mol. The number of hydrogen-bond acceptors (Lipinski definition) is 7. The predicted octanol–water partition coefficient (Wildman–Crippen LogP) is 2.93. The number of methoxy groups -OCH3 is 1. The van der Waals surface area contributed by atoms with Crippen molar-refractivity contribution in [1.29, 1.82) is 0 Å². The van der Waals surface area contributed by atoms with Crippen molar-refractivity contribution in [1.82, 2.24) is 24.6 Å². The number of nitrogens with zero attached hydrogens (tertiary/aromatic N) is 5. The highest BCUT2D eigenvalue weighted by Gasteiger charge is 2.19. The molecule has 0 radical (unpaired) electrons. The van der Waals surface area contributed by atoms with Crippen molar-refractivity contribution in [3.63, 3.8) is 0 Å². The van der Waals surface area contributed by atoms with E-state index in [4.69, 9.17) is 4.74 Å². The summed E-state index contributed by atoms with van der Waals surface area (Å²) < 4.78 is 6.90. The van der Waals surface area contributed by atoms with Crippen LogP contribution in [-0.4, -0.2) is 31.7 Å². The summed E-state index contributed by atoms with van der Waals surface area (Å²) in [6.07, 6.45) is 3.30. The van der Waals surface area contributed by atoms with Crippen LogP contribution in [0.4, 0.5) is 5.82 Å². The molecule has 4 rings (SSSR count). The fourth-order valence-corrected chi connectivity index (χ4v) is 3.36. The molecule has 1 aromatic carbocycles. The van der Waals surface area contributed by atoms with E-state index in [1.165, 1.54) is 6.33 Å². The Labute approximate surface area is 148 Å². The monoisotopic (exact) mass is 352 g/mol. The molecular formula is C17H16N6OS. The number of nitrogens with one attached hydrogen (secondary N) is 1. The van der Waals surface area contributed by atoms with E-state index in [9.17, 15) is 0 Å². The van der Waals surface area contributed by atoms with E-state index >= 15 is 0 Å². The SMILES string of the molecule is COCc1cc(NC(c2ccccc2)c2nccs2)n2ncnc2n1. The van der Waals surface area contributed by atoms with E-state index in [1.807, 2.05) is 35.8 Å². The molecule has 25 heavy (non-hydrogen) atoms. The van der Waals surface area contributed by atoms with Crippen LogP contribution in [0.15, 0.2) is 54.3 Å². The molecule has 0 aliphatic heterocycles. The standard InChI is InChI=1S/C17H16N6OS/c1-24-10-13-9-14(23-17(21-13)19-11-20-23)22-15(16-18-7-8-25-16)12-5-3-2-4-6-12/h2-9,11,15,22H,10H2,1H3. The van der Waals surface area contributed by atoms with Gasteiger partial charge in [0.25, 0.3) is 5.78 Å². The minimum absolute atomic E-state index is 0.0913.